The summed E-state index contributed by atoms with van der Waals surface area (Å²) in [7, 11) is 1.83. The van der Waals surface area contributed by atoms with Crippen molar-refractivity contribution in [2.45, 2.75) is 0 Å². The van der Waals surface area contributed by atoms with E-state index < -0.39 is 0 Å². The van der Waals surface area contributed by atoms with Gasteiger partial charge in [0.15, 0.2) is 11.5 Å². The lowest BCUT2D eigenvalue weighted by atomic mass is 10.0. The van der Waals surface area contributed by atoms with Crippen molar-refractivity contribution in [3.05, 3.63) is 101 Å². The van der Waals surface area contributed by atoms with Gasteiger partial charge in [-0.1, -0.05) is 30.3 Å². The molecule has 2 heterocycles. The average molecular weight is 379 g/mol. The summed E-state index contributed by atoms with van der Waals surface area (Å²) in [6, 6.07) is 18.2. The van der Waals surface area contributed by atoms with E-state index in [1.807, 2.05) is 37.4 Å². The molecule has 1 N–H and O–H groups in total. The Kier molecular flexibility index (Phi) is 4.87. The average Bonchev–Trinajstić information content (AvgIpc) is 2.80. The van der Waals surface area contributed by atoms with Gasteiger partial charge in [-0.3, -0.25) is 9.36 Å². The molecule has 0 aliphatic heterocycles. The van der Waals surface area contributed by atoms with Crippen LogP contribution in [0.3, 0.4) is 0 Å². The minimum Gasteiger partial charge on any atom is -0.388 e. The molecular formula is C23H17N5O. The summed E-state index contributed by atoms with van der Waals surface area (Å²) in [6.07, 6.45) is 5.05. The van der Waals surface area contributed by atoms with E-state index in [2.05, 4.69) is 20.1 Å². The van der Waals surface area contributed by atoms with Crippen LogP contribution in [-0.2, 0) is 0 Å². The molecule has 6 heteroatoms. The second-order valence-electron chi connectivity index (χ2n) is 6.32. The van der Waals surface area contributed by atoms with E-state index in [-0.39, 0.29) is 5.56 Å². The summed E-state index contributed by atoms with van der Waals surface area (Å²) in [6.45, 7) is 7.48. The summed E-state index contributed by atoms with van der Waals surface area (Å²) in [5.74, 6) is 0.507. The molecule has 0 radical (unpaired) electrons. The Morgan fingerprint density at radius 1 is 0.966 bits per heavy atom. The predicted octanol–water partition coefficient (Wildman–Crippen LogP) is 4.55. The molecule has 0 atom stereocenters. The topological polar surface area (TPSA) is 64.2 Å². The van der Waals surface area contributed by atoms with E-state index in [4.69, 9.17) is 6.57 Å². The van der Waals surface area contributed by atoms with E-state index in [0.29, 0.717) is 33.9 Å². The van der Waals surface area contributed by atoms with E-state index in [9.17, 15) is 4.79 Å². The van der Waals surface area contributed by atoms with Crippen molar-refractivity contribution in [2.75, 3.05) is 12.4 Å². The van der Waals surface area contributed by atoms with E-state index in [1.54, 1.807) is 53.5 Å². The third-order valence-corrected chi connectivity index (χ3v) is 4.57. The third kappa shape index (κ3) is 3.49. The lowest BCUT2D eigenvalue weighted by Gasteiger charge is -2.13. The van der Waals surface area contributed by atoms with Gasteiger partial charge < -0.3 is 5.32 Å². The first-order valence-electron chi connectivity index (χ1n) is 9.00. The Morgan fingerprint density at radius 3 is 2.52 bits per heavy atom. The number of hydrogen-bond donors (Lipinski definition) is 1. The molecule has 0 bridgehead atoms. The van der Waals surface area contributed by atoms with Crippen LogP contribution in [0.4, 0.5) is 11.4 Å². The van der Waals surface area contributed by atoms with Gasteiger partial charge >= 0.3 is 0 Å². The van der Waals surface area contributed by atoms with Gasteiger partial charge in [0.25, 0.3) is 5.56 Å². The van der Waals surface area contributed by atoms with Gasteiger partial charge in [-0.15, -0.1) is 0 Å². The Labute approximate surface area is 168 Å². The highest BCUT2D eigenvalue weighted by Crippen LogP contribution is 2.30. The van der Waals surface area contributed by atoms with Crippen LogP contribution in [0.15, 0.2) is 84.0 Å². The molecule has 2 aromatic heterocycles. The standard InChI is InChI=1S/C23H17N5O/c1-24-17-7-5-8-18(14-17)28-15-16(22-26-11-6-12-27-22)13-20(23(28)29)19-9-3-4-10-21(19)25-2/h3-15,24H,1H3. The molecule has 29 heavy (non-hydrogen) atoms. The van der Waals surface area contributed by atoms with Gasteiger partial charge in [0, 0.05) is 42.5 Å². The predicted molar refractivity (Wildman–Crippen MR) is 114 cm³/mol. The molecule has 0 aliphatic carbocycles. The maximum Gasteiger partial charge on any atom is 0.261 e. The highest BCUT2D eigenvalue weighted by Gasteiger charge is 2.15. The van der Waals surface area contributed by atoms with Crippen LogP contribution in [-0.4, -0.2) is 21.6 Å². The van der Waals surface area contributed by atoms with Crippen molar-refractivity contribution in [2.24, 2.45) is 0 Å². The summed E-state index contributed by atoms with van der Waals surface area (Å²) in [4.78, 5) is 25.7. The molecule has 2 aromatic carbocycles. The lowest BCUT2D eigenvalue weighted by Crippen LogP contribution is -2.20. The quantitative estimate of drug-likeness (QED) is 0.528. The molecular weight excluding hydrogens is 362 g/mol. The first-order chi connectivity index (χ1) is 14.2. The van der Waals surface area contributed by atoms with Gasteiger partial charge in [-0.25, -0.2) is 14.8 Å². The number of aromatic nitrogens is 3. The first-order valence-corrected chi connectivity index (χ1v) is 9.00. The molecule has 6 nitrogen and oxygen atoms in total. The zero-order chi connectivity index (χ0) is 20.2. The number of benzene rings is 2. The van der Waals surface area contributed by atoms with Gasteiger partial charge in [0.1, 0.15) is 0 Å². The zero-order valence-electron chi connectivity index (χ0n) is 15.7. The Balaban J connectivity index is 2.03. The molecule has 0 saturated carbocycles. The number of para-hydroxylation sites is 1. The lowest BCUT2D eigenvalue weighted by molar-refractivity contribution is 0.990. The summed E-state index contributed by atoms with van der Waals surface area (Å²) in [5, 5.41) is 3.09. The molecule has 0 unspecified atom stereocenters. The minimum atomic E-state index is -0.214. The molecule has 0 amide bonds. The van der Waals surface area contributed by atoms with Crippen LogP contribution in [0.2, 0.25) is 0 Å². The normalized spacial score (nSPS) is 10.3. The van der Waals surface area contributed by atoms with Crippen molar-refractivity contribution in [1.82, 2.24) is 14.5 Å². The number of pyridine rings is 1. The number of anilines is 1. The van der Waals surface area contributed by atoms with Crippen LogP contribution < -0.4 is 10.9 Å². The monoisotopic (exact) mass is 379 g/mol. The summed E-state index contributed by atoms with van der Waals surface area (Å²) in [5.41, 5.74) is 3.51. The summed E-state index contributed by atoms with van der Waals surface area (Å²) < 4.78 is 1.57. The third-order valence-electron chi connectivity index (χ3n) is 4.57. The fraction of sp³-hybridized carbons (Fsp3) is 0.0435. The van der Waals surface area contributed by atoms with Crippen molar-refractivity contribution in [3.63, 3.8) is 0 Å². The Bertz CT molecular complexity index is 1270. The van der Waals surface area contributed by atoms with Gasteiger partial charge in [-0.2, -0.15) is 0 Å². The second kappa shape index (κ2) is 7.79. The van der Waals surface area contributed by atoms with Gasteiger partial charge in [-0.05, 0) is 35.9 Å². The molecule has 140 valence electrons. The van der Waals surface area contributed by atoms with E-state index >= 15 is 0 Å². The maximum absolute atomic E-state index is 13.4. The molecule has 0 aliphatic rings. The largest absolute Gasteiger partial charge is 0.388 e. The minimum absolute atomic E-state index is 0.214. The zero-order valence-corrected chi connectivity index (χ0v) is 15.7. The van der Waals surface area contributed by atoms with Gasteiger partial charge in [0.2, 0.25) is 0 Å². The number of rotatable bonds is 4. The van der Waals surface area contributed by atoms with Crippen molar-refractivity contribution in [3.8, 4) is 28.2 Å². The molecule has 4 rings (SSSR count). The molecule has 4 aromatic rings. The van der Waals surface area contributed by atoms with Crippen molar-refractivity contribution in [1.29, 1.82) is 0 Å². The van der Waals surface area contributed by atoms with Crippen LogP contribution in [0, 0.1) is 6.57 Å². The van der Waals surface area contributed by atoms with Crippen molar-refractivity contribution >= 4 is 11.4 Å². The fourth-order valence-electron chi connectivity index (χ4n) is 3.15. The first kappa shape index (κ1) is 18.1. The van der Waals surface area contributed by atoms with Crippen LogP contribution in [0.25, 0.3) is 33.0 Å². The fourth-order valence-corrected chi connectivity index (χ4v) is 3.15. The van der Waals surface area contributed by atoms with E-state index in [0.717, 1.165) is 5.69 Å². The van der Waals surface area contributed by atoms with Crippen molar-refractivity contribution < 1.29 is 0 Å². The SMILES string of the molecule is [C-]#[N+]c1ccccc1-c1cc(-c2ncccn2)cn(-c2cccc(NC)c2)c1=O. The van der Waals surface area contributed by atoms with Gasteiger partial charge in [0.05, 0.1) is 12.3 Å². The van der Waals surface area contributed by atoms with Crippen LogP contribution >= 0.6 is 0 Å². The molecule has 0 fully saturated rings. The molecule has 0 spiro atoms. The second-order valence-corrected chi connectivity index (χ2v) is 6.32. The van der Waals surface area contributed by atoms with Crippen LogP contribution in [0.5, 0.6) is 0 Å². The highest BCUT2D eigenvalue weighted by atomic mass is 16.1. The maximum atomic E-state index is 13.4. The summed E-state index contributed by atoms with van der Waals surface area (Å²) >= 11 is 0. The van der Waals surface area contributed by atoms with Crippen LogP contribution in [0.1, 0.15) is 0 Å². The number of hydrogen-bond acceptors (Lipinski definition) is 4. The van der Waals surface area contributed by atoms with E-state index in [1.165, 1.54) is 0 Å². The Hall–Kier alpha value is -4.24. The number of nitrogens with one attached hydrogen (secondary N) is 1. The highest BCUT2D eigenvalue weighted by molar-refractivity contribution is 5.80. The Morgan fingerprint density at radius 2 is 1.76 bits per heavy atom. The molecule has 0 saturated heterocycles. The number of nitrogens with zero attached hydrogens (tertiary/aromatic N) is 4. The smallest absolute Gasteiger partial charge is 0.261 e.